The summed E-state index contributed by atoms with van der Waals surface area (Å²) >= 11 is 3.24. The molecule has 1 fully saturated rings. The lowest BCUT2D eigenvalue weighted by Crippen LogP contribution is -2.42. The van der Waals surface area contributed by atoms with E-state index in [9.17, 15) is 14.3 Å². The van der Waals surface area contributed by atoms with Gasteiger partial charge < -0.3 is 15.3 Å². The molecule has 2 aromatic rings. The number of halogens is 2. The minimum absolute atomic E-state index is 0.113. The maximum atomic E-state index is 14.0. The Morgan fingerprint density at radius 3 is 2.88 bits per heavy atom. The van der Waals surface area contributed by atoms with E-state index in [-0.39, 0.29) is 18.3 Å². The van der Waals surface area contributed by atoms with Crippen LogP contribution < -0.4 is 5.32 Å². The SMILES string of the molecule is O=C(c1ccccc1NCc1ccc(Br)cc1F)N1CCCC(O)C1. The van der Waals surface area contributed by atoms with Crippen molar-refractivity contribution in [3.8, 4) is 0 Å². The molecule has 132 valence electrons. The van der Waals surface area contributed by atoms with E-state index in [1.165, 1.54) is 6.07 Å². The molecule has 1 amide bonds. The first-order valence-corrected chi connectivity index (χ1v) is 9.08. The van der Waals surface area contributed by atoms with Gasteiger partial charge in [-0.3, -0.25) is 4.79 Å². The summed E-state index contributed by atoms with van der Waals surface area (Å²) in [7, 11) is 0. The molecule has 4 nitrogen and oxygen atoms in total. The topological polar surface area (TPSA) is 52.6 Å². The lowest BCUT2D eigenvalue weighted by atomic mass is 10.1. The van der Waals surface area contributed by atoms with Crippen LogP contribution in [0.5, 0.6) is 0 Å². The molecule has 1 aliphatic rings. The van der Waals surface area contributed by atoms with Crippen molar-refractivity contribution in [3.05, 3.63) is 63.9 Å². The number of likely N-dealkylation sites (tertiary alicyclic amines) is 1. The third-order valence-corrected chi connectivity index (χ3v) is 4.82. The fourth-order valence-electron chi connectivity index (χ4n) is 2.99. The Kier molecular flexibility index (Phi) is 5.71. The van der Waals surface area contributed by atoms with Gasteiger partial charge in [0.1, 0.15) is 5.82 Å². The van der Waals surface area contributed by atoms with Crippen LogP contribution in [-0.2, 0) is 6.54 Å². The van der Waals surface area contributed by atoms with Crippen LogP contribution >= 0.6 is 15.9 Å². The minimum Gasteiger partial charge on any atom is -0.391 e. The Hall–Kier alpha value is -1.92. The van der Waals surface area contributed by atoms with Gasteiger partial charge in [-0.1, -0.05) is 34.1 Å². The lowest BCUT2D eigenvalue weighted by Gasteiger charge is -2.30. The molecule has 1 heterocycles. The van der Waals surface area contributed by atoms with Gasteiger partial charge in [0, 0.05) is 35.4 Å². The first-order chi connectivity index (χ1) is 12.0. The molecule has 0 aliphatic carbocycles. The molecule has 1 atom stereocenters. The molecule has 0 bridgehead atoms. The lowest BCUT2D eigenvalue weighted by molar-refractivity contribution is 0.0474. The van der Waals surface area contributed by atoms with E-state index in [0.717, 1.165) is 12.8 Å². The number of hydrogen-bond acceptors (Lipinski definition) is 3. The van der Waals surface area contributed by atoms with E-state index in [1.54, 1.807) is 29.2 Å². The molecule has 1 aliphatic heterocycles. The van der Waals surface area contributed by atoms with Crippen LogP contribution in [0, 0.1) is 5.82 Å². The van der Waals surface area contributed by atoms with E-state index < -0.39 is 6.10 Å². The number of aliphatic hydroxyl groups is 1. The normalized spacial score (nSPS) is 17.4. The Morgan fingerprint density at radius 2 is 2.12 bits per heavy atom. The molecule has 25 heavy (non-hydrogen) atoms. The highest BCUT2D eigenvalue weighted by atomic mass is 79.9. The molecule has 6 heteroatoms. The van der Waals surface area contributed by atoms with Crippen LogP contribution in [-0.4, -0.2) is 35.1 Å². The van der Waals surface area contributed by atoms with Crippen molar-refractivity contribution in [2.45, 2.75) is 25.5 Å². The van der Waals surface area contributed by atoms with E-state index in [4.69, 9.17) is 0 Å². The van der Waals surface area contributed by atoms with Crippen molar-refractivity contribution in [1.29, 1.82) is 0 Å². The monoisotopic (exact) mass is 406 g/mol. The Balaban J connectivity index is 1.75. The van der Waals surface area contributed by atoms with Gasteiger partial charge in [-0.15, -0.1) is 0 Å². The number of piperidine rings is 1. The highest BCUT2D eigenvalue weighted by Crippen LogP contribution is 2.22. The van der Waals surface area contributed by atoms with E-state index in [1.807, 2.05) is 12.1 Å². The smallest absolute Gasteiger partial charge is 0.256 e. The van der Waals surface area contributed by atoms with Gasteiger partial charge in [-0.2, -0.15) is 0 Å². The summed E-state index contributed by atoms with van der Waals surface area (Å²) < 4.78 is 14.7. The highest BCUT2D eigenvalue weighted by molar-refractivity contribution is 9.10. The van der Waals surface area contributed by atoms with Gasteiger partial charge >= 0.3 is 0 Å². The molecule has 0 aromatic heterocycles. The molecule has 0 radical (unpaired) electrons. The van der Waals surface area contributed by atoms with Crippen LogP contribution in [0.25, 0.3) is 0 Å². The molecule has 0 spiro atoms. The van der Waals surface area contributed by atoms with Crippen molar-refractivity contribution in [3.63, 3.8) is 0 Å². The van der Waals surface area contributed by atoms with Gasteiger partial charge in [0.15, 0.2) is 0 Å². The molecule has 1 unspecified atom stereocenters. The van der Waals surface area contributed by atoms with E-state index in [0.29, 0.717) is 34.4 Å². The number of β-amino-alcohol motifs (C(OH)–C–C–N with tert-alkyl or cyclic N) is 1. The number of anilines is 1. The number of rotatable bonds is 4. The van der Waals surface area contributed by atoms with E-state index >= 15 is 0 Å². The number of benzene rings is 2. The van der Waals surface area contributed by atoms with E-state index in [2.05, 4.69) is 21.2 Å². The Bertz CT molecular complexity index is 769. The van der Waals surface area contributed by atoms with Crippen LogP contribution in [0.2, 0.25) is 0 Å². The quantitative estimate of drug-likeness (QED) is 0.811. The van der Waals surface area contributed by atoms with Crippen molar-refractivity contribution < 1.29 is 14.3 Å². The molecule has 0 saturated carbocycles. The van der Waals surface area contributed by atoms with Gasteiger partial charge in [0.05, 0.1) is 11.7 Å². The third kappa shape index (κ3) is 4.38. The fraction of sp³-hybridized carbons (Fsp3) is 0.316. The predicted molar refractivity (Wildman–Crippen MR) is 99.0 cm³/mol. The van der Waals surface area contributed by atoms with Crippen LogP contribution in [0.4, 0.5) is 10.1 Å². The average Bonchev–Trinajstić information content (AvgIpc) is 2.61. The average molecular weight is 407 g/mol. The van der Waals surface area contributed by atoms with Crippen molar-refractivity contribution in [2.75, 3.05) is 18.4 Å². The standard InChI is InChI=1S/C19H20BrFN2O2/c20-14-8-7-13(17(21)10-14)11-22-18-6-2-1-5-16(18)19(25)23-9-3-4-15(24)12-23/h1-2,5-8,10,15,22,24H,3-4,9,11-12H2. The highest BCUT2D eigenvalue weighted by Gasteiger charge is 2.24. The molecule has 3 rings (SSSR count). The Morgan fingerprint density at radius 1 is 1.32 bits per heavy atom. The predicted octanol–water partition coefficient (Wildman–Crippen LogP) is 3.80. The van der Waals surface area contributed by atoms with Gasteiger partial charge in [-0.05, 0) is 37.1 Å². The number of aliphatic hydroxyl groups excluding tert-OH is 1. The number of hydrogen-bond donors (Lipinski definition) is 2. The summed E-state index contributed by atoms with van der Waals surface area (Å²) in [6, 6.07) is 12.1. The number of nitrogens with zero attached hydrogens (tertiary/aromatic N) is 1. The maximum absolute atomic E-state index is 14.0. The minimum atomic E-state index is -0.463. The molecular weight excluding hydrogens is 387 g/mol. The summed E-state index contributed by atoms with van der Waals surface area (Å²) in [5, 5.41) is 13.0. The molecule has 2 N–H and O–H groups in total. The molecular formula is C19H20BrFN2O2. The maximum Gasteiger partial charge on any atom is 0.256 e. The number of carbonyl (C=O) groups is 1. The zero-order chi connectivity index (χ0) is 17.8. The Labute approximate surface area is 154 Å². The molecule has 1 saturated heterocycles. The summed E-state index contributed by atoms with van der Waals surface area (Å²) in [4.78, 5) is 14.5. The van der Waals surface area contributed by atoms with Crippen LogP contribution in [0.1, 0.15) is 28.8 Å². The van der Waals surface area contributed by atoms with Crippen molar-refractivity contribution >= 4 is 27.5 Å². The van der Waals surface area contributed by atoms with Gasteiger partial charge in [0.25, 0.3) is 5.91 Å². The third-order valence-electron chi connectivity index (χ3n) is 4.33. The first-order valence-electron chi connectivity index (χ1n) is 8.29. The second-order valence-electron chi connectivity index (χ2n) is 6.18. The second-order valence-corrected chi connectivity index (χ2v) is 7.10. The van der Waals surface area contributed by atoms with Crippen LogP contribution in [0.15, 0.2) is 46.9 Å². The second kappa shape index (κ2) is 7.97. The largest absolute Gasteiger partial charge is 0.391 e. The summed E-state index contributed by atoms with van der Waals surface area (Å²) in [6.07, 6.45) is 1.06. The zero-order valence-electron chi connectivity index (χ0n) is 13.7. The fourth-order valence-corrected chi connectivity index (χ4v) is 3.32. The summed E-state index contributed by atoms with van der Waals surface area (Å²) in [5.74, 6) is -0.414. The van der Waals surface area contributed by atoms with Gasteiger partial charge in [0.2, 0.25) is 0 Å². The van der Waals surface area contributed by atoms with Crippen molar-refractivity contribution in [1.82, 2.24) is 4.90 Å². The van der Waals surface area contributed by atoms with Crippen LogP contribution in [0.3, 0.4) is 0 Å². The number of carbonyl (C=O) groups excluding carboxylic acids is 1. The van der Waals surface area contributed by atoms with Crippen molar-refractivity contribution in [2.24, 2.45) is 0 Å². The first kappa shape index (κ1) is 17.9. The number of nitrogens with one attached hydrogen (secondary N) is 1. The summed E-state index contributed by atoms with van der Waals surface area (Å²) in [6.45, 7) is 1.28. The number of amides is 1. The molecule has 2 aromatic carbocycles. The number of para-hydroxylation sites is 1. The van der Waals surface area contributed by atoms with Gasteiger partial charge in [-0.25, -0.2) is 4.39 Å². The zero-order valence-corrected chi connectivity index (χ0v) is 15.3. The summed E-state index contributed by atoms with van der Waals surface area (Å²) in [5.41, 5.74) is 1.72.